The number of benzene rings is 2. The fraction of sp³-hybridized carbons (Fsp3) is 0.158. The fourth-order valence-electron chi connectivity index (χ4n) is 2.37. The Hall–Kier alpha value is -3.06. The summed E-state index contributed by atoms with van der Waals surface area (Å²) in [5, 5.41) is 8.54. The standard InChI is InChI=1S/C19H15NO3/c1-2-13-3-5-14(6-4-13)11-18-19(21)16-8-7-15(22-10-9-20)12-17(16)23-18/h3-8,11-12H,2,10H2,1H3. The zero-order valence-corrected chi connectivity index (χ0v) is 12.7. The largest absolute Gasteiger partial charge is 0.479 e. The maximum absolute atomic E-state index is 12.4. The highest BCUT2D eigenvalue weighted by Gasteiger charge is 2.27. The van der Waals surface area contributed by atoms with Gasteiger partial charge in [-0.15, -0.1) is 0 Å². The first kappa shape index (κ1) is 14.9. The molecule has 0 atom stereocenters. The monoisotopic (exact) mass is 305 g/mol. The van der Waals surface area contributed by atoms with E-state index in [1.54, 1.807) is 24.3 Å². The molecule has 3 rings (SSSR count). The number of aryl methyl sites for hydroxylation is 1. The number of ketones is 1. The maximum Gasteiger partial charge on any atom is 0.231 e. The van der Waals surface area contributed by atoms with E-state index in [1.165, 1.54) is 5.56 Å². The molecule has 114 valence electrons. The summed E-state index contributed by atoms with van der Waals surface area (Å²) in [5.74, 6) is 1.11. The summed E-state index contributed by atoms with van der Waals surface area (Å²) in [5.41, 5.74) is 2.67. The lowest BCUT2D eigenvalue weighted by Crippen LogP contribution is -1.98. The van der Waals surface area contributed by atoms with E-state index in [0.717, 1.165) is 12.0 Å². The smallest absolute Gasteiger partial charge is 0.231 e. The van der Waals surface area contributed by atoms with Crippen molar-refractivity contribution in [3.63, 3.8) is 0 Å². The third kappa shape index (κ3) is 3.09. The van der Waals surface area contributed by atoms with Gasteiger partial charge in [0.15, 0.2) is 12.4 Å². The van der Waals surface area contributed by atoms with Crippen molar-refractivity contribution in [1.29, 1.82) is 5.26 Å². The molecule has 0 aromatic heterocycles. The number of hydrogen-bond donors (Lipinski definition) is 0. The lowest BCUT2D eigenvalue weighted by atomic mass is 10.1. The second-order valence-electron chi connectivity index (χ2n) is 5.14. The van der Waals surface area contributed by atoms with Crippen molar-refractivity contribution in [3.8, 4) is 17.6 Å². The molecule has 0 radical (unpaired) electrons. The highest BCUT2D eigenvalue weighted by molar-refractivity contribution is 6.14. The molecular formula is C19H15NO3. The van der Waals surface area contributed by atoms with Crippen LogP contribution in [0.1, 0.15) is 28.4 Å². The topological polar surface area (TPSA) is 59.3 Å². The number of hydrogen-bond acceptors (Lipinski definition) is 4. The Labute approximate surface area is 134 Å². The maximum atomic E-state index is 12.4. The summed E-state index contributed by atoms with van der Waals surface area (Å²) in [6, 6.07) is 14.9. The van der Waals surface area contributed by atoms with E-state index in [-0.39, 0.29) is 12.4 Å². The van der Waals surface area contributed by atoms with Crippen LogP contribution in [0, 0.1) is 11.3 Å². The first-order valence-electron chi connectivity index (χ1n) is 7.38. The molecule has 23 heavy (non-hydrogen) atoms. The van der Waals surface area contributed by atoms with Crippen molar-refractivity contribution in [2.75, 3.05) is 6.61 Å². The molecule has 1 aliphatic heterocycles. The number of Topliss-reactive ketones (excluding diaryl/α,β-unsaturated/α-hetero) is 1. The van der Waals surface area contributed by atoms with Gasteiger partial charge in [0, 0.05) is 6.07 Å². The van der Waals surface area contributed by atoms with Gasteiger partial charge in [0.1, 0.15) is 17.6 Å². The molecule has 0 aliphatic carbocycles. The van der Waals surface area contributed by atoms with Crippen molar-refractivity contribution < 1.29 is 14.3 Å². The summed E-state index contributed by atoms with van der Waals surface area (Å²) in [4.78, 5) is 12.4. The van der Waals surface area contributed by atoms with Crippen LogP contribution in [0.2, 0.25) is 0 Å². The SMILES string of the molecule is CCc1ccc(C=C2Oc3cc(OCC#N)ccc3C2=O)cc1. The van der Waals surface area contributed by atoms with Crippen LogP contribution in [0.4, 0.5) is 0 Å². The summed E-state index contributed by atoms with van der Waals surface area (Å²) < 4.78 is 10.9. The van der Waals surface area contributed by atoms with Crippen molar-refractivity contribution in [3.05, 3.63) is 64.9 Å². The molecule has 1 heterocycles. The molecule has 1 aliphatic rings. The van der Waals surface area contributed by atoms with Gasteiger partial charge in [-0.25, -0.2) is 0 Å². The van der Waals surface area contributed by atoms with Gasteiger partial charge in [-0.1, -0.05) is 31.2 Å². The predicted octanol–water partition coefficient (Wildman–Crippen LogP) is 3.77. The molecule has 2 aromatic carbocycles. The van der Waals surface area contributed by atoms with Crippen LogP contribution in [0.3, 0.4) is 0 Å². The first-order valence-corrected chi connectivity index (χ1v) is 7.38. The quantitative estimate of drug-likeness (QED) is 0.807. The minimum Gasteiger partial charge on any atom is -0.479 e. The van der Waals surface area contributed by atoms with Crippen molar-refractivity contribution in [2.45, 2.75) is 13.3 Å². The van der Waals surface area contributed by atoms with Crippen LogP contribution in [0.25, 0.3) is 6.08 Å². The average molecular weight is 305 g/mol. The van der Waals surface area contributed by atoms with Gasteiger partial charge in [0.25, 0.3) is 0 Å². The van der Waals surface area contributed by atoms with Gasteiger partial charge >= 0.3 is 0 Å². The number of ether oxygens (including phenoxy) is 2. The normalized spacial score (nSPS) is 14.3. The van der Waals surface area contributed by atoms with Crippen LogP contribution in [-0.2, 0) is 6.42 Å². The number of carbonyl (C=O) groups is 1. The Morgan fingerprint density at radius 2 is 2.00 bits per heavy atom. The van der Waals surface area contributed by atoms with Gasteiger partial charge in [-0.05, 0) is 35.8 Å². The second-order valence-corrected chi connectivity index (χ2v) is 5.14. The van der Waals surface area contributed by atoms with E-state index in [4.69, 9.17) is 14.7 Å². The minimum atomic E-state index is -0.147. The Balaban J connectivity index is 1.84. The van der Waals surface area contributed by atoms with Gasteiger partial charge < -0.3 is 9.47 Å². The molecule has 0 saturated carbocycles. The molecular weight excluding hydrogens is 290 g/mol. The average Bonchev–Trinajstić information content (AvgIpc) is 2.89. The summed E-state index contributed by atoms with van der Waals surface area (Å²) >= 11 is 0. The Kier molecular flexibility index (Phi) is 4.11. The molecule has 0 unspecified atom stereocenters. The van der Waals surface area contributed by atoms with Gasteiger partial charge in [-0.3, -0.25) is 4.79 Å². The van der Waals surface area contributed by atoms with Crippen molar-refractivity contribution >= 4 is 11.9 Å². The number of carbonyl (C=O) groups excluding carboxylic acids is 1. The number of nitriles is 1. The summed E-state index contributed by atoms with van der Waals surface area (Å²) in [6.07, 6.45) is 2.71. The predicted molar refractivity (Wildman–Crippen MR) is 86.3 cm³/mol. The van der Waals surface area contributed by atoms with Crippen LogP contribution >= 0.6 is 0 Å². The second kappa shape index (κ2) is 6.37. The zero-order valence-electron chi connectivity index (χ0n) is 12.7. The minimum absolute atomic E-state index is 0.0425. The van der Waals surface area contributed by atoms with Gasteiger partial charge in [0.2, 0.25) is 5.78 Å². The highest BCUT2D eigenvalue weighted by atomic mass is 16.5. The van der Waals surface area contributed by atoms with Gasteiger partial charge in [-0.2, -0.15) is 5.26 Å². The Bertz CT molecular complexity index is 813. The number of allylic oxidation sites excluding steroid dienone is 1. The molecule has 0 N–H and O–H groups in total. The number of rotatable bonds is 4. The zero-order chi connectivity index (χ0) is 16.2. The molecule has 4 nitrogen and oxygen atoms in total. The van der Waals surface area contributed by atoms with Crippen molar-refractivity contribution in [1.82, 2.24) is 0 Å². The fourth-order valence-corrected chi connectivity index (χ4v) is 2.37. The van der Waals surface area contributed by atoms with E-state index in [9.17, 15) is 4.79 Å². The van der Waals surface area contributed by atoms with Crippen LogP contribution in [-0.4, -0.2) is 12.4 Å². The molecule has 2 aromatic rings. The lowest BCUT2D eigenvalue weighted by Gasteiger charge is -2.03. The van der Waals surface area contributed by atoms with Crippen LogP contribution in [0.5, 0.6) is 11.5 Å². The van der Waals surface area contributed by atoms with E-state index in [1.807, 2.05) is 30.3 Å². The number of nitrogens with zero attached hydrogens (tertiary/aromatic N) is 1. The third-order valence-corrected chi connectivity index (χ3v) is 3.63. The molecule has 0 spiro atoms. The molecule has 0 saturated heterocycles. The highest BCUT2D eigenvalue weighted by Crippen LogP contribution is 2.34. The van der Waals surface area contributed by atoms with Gasteiger partial charge in [0.05, 0.1) is 5.56 Å². The van der Waals surface area contributed by atoms with Crippen LogP contribution < -0.4 is 9.47 Å². The lowest BCUT2D eigenvalue weighted by molar-refractivity contribution is 0.101. The van der Waals surface area contributed by atoms with Crippen molar-refractivity contribution in [2.24, 2.45) is 0 Å². The van der Waals surface area contributed by atoms with E-state index >= 15 is 0 Å². The molecule has 0 fully saturated rings. The van der Waals surface area contributed by atoms with E-state index in [2.05, 4.69) is 6.92 Å². The summed E-state index contributed by atoms with van der Waals surface area (Å²) in [7, 11) is 0. The molecule has 0 amide bonds. The first-order chi connectivity index (χ1) is 11.2. The Morgan fingerprint density at radius 3 is 2.70 bits per heavy atom. The van der Waals surface area contributed by atoms with E-state index in [0.29, 0.717) is 22.8 Å². The third-order valence-electron chi connectivity index (χ3n) is 3.63. The Morgan fingerprint density at radius 1 is 1.22 bits per heavy atom. The van der Waals surface area contributed by atoms with Crippen LogP contribution in [0.15, 0.2) is 48.2 Å². The summed E-state index contributed by atoms with van der Waals surface area (Å²) in [6.45, 7) is 2.05. The molecule has 4 heteroatoms. The number of fused-ring (bicyclic) bond motifs is 1. The molecule has 0 bridgehead atoms. The van der Waals surface area contributed by atoms with E-state index < -0.39 is 0 Å².